The van der Waals surface area contributed by atoms with E-state index in [0.29, 0.717) is 26.7 Å². The summed E-state index contributed by atoms with van der Waals surface area (Å²) in [4.78, 5) is 11.6. The van der Waals surface area contributed by atoms with Crippen LogP contribution in [0.1, 0.15) is 19.8 Å². The molecule has 0 aromatic heterocycles. The van der Waals surface area contributed by atoms with Gasteiger partial charge >= 0.3 is 0 Å². The van der Waals surface area contributed by atoms with Crippen molar-refractivity contribution in [2.24, 2.45) is 11.0 Å². The lowest BCUT2D eigenvalue weighted by Crippen LogP contribution is -2.25. The Labute approximate surface area is 132 Å². The fourth-order valence-electron chi connectivity index (χ4n) is 1.53. The molecule has 1 N–H and O–H groups in total. The van der Waals surface area contributed by atoms with E-state index in [1.807, 2.05) is 6.92 Å². The summed E-state index contributed by atoms with van der Waals surface area (Å²) >= 11 is 17.6. The Morgan fingerprint density at radius 2 is 1.95 bits per heavy atom. The molecular weight excluding hydrogens is 323 g/mol. The van der Waals surface area contributed by atoms with Gasteiger partial charge in [0.05, 0.1) is 15.1 Å². The summed E-state index contributed by atoms with van der Waals surface area (Å²) in [5.41, 5.74) is 3.38. The highest BCUT2D eigenvalue weighted by molar-refractivity contribution is 6.43. The van der Waals surface area contributed by atoms with Crippen molar-refractivity contribution < 1.29 is 9.53 Å². The highest BCUT2D eigenvalue weighted by Gasteiger charge is 2.24. The minimum atomic E-state index is -0.355. The number of benzene rings is 1. The van der Waals surface area contributed by atoms with Gasteiger partial charge in [-0.2, -0.15) is 5.10 Å². The predicted molar refractivity (Wildman–Crippen MR) is 80.9 cm³/mol. The Kier molecular flexibility index (Phi) is 5.13. The van der Waals surface area contributed by atoms with E-state index in [0.717, 1.165) is 18.6 Å². The predicted octanol–water partition coefficient (Wildman–Crippen LogP) is 3.93. The van der Waals surface area contributed by atoms with Gasteiger partial charge in [0.25, 0.3) is 5.91 Å². The highest BCUT2D eigenvalue weighted by atomic mass is 35.5. The number of ether oxygens (including phenoxy) is 1. The molecule has 0 bridgehead atoms. The van der Waals surface area contributed by atoms with Crippen molar-refractivity contribution >= 4 is 46.4 Å². The number of nitrogens with zero attached hydrogens (tertiary/aromatic N) is 1. The number of hydrogen-bond acceptors (Lipinski definition) is 3. The molecule has 108 valence electrons. The molecule has 2 rings (SSSR count). The Bertz CT molecular complexity index is 557. The first-order chi connectivity index (χ1) is 9.47. The van der Waals surface area contributed by atoms with Crippen LogP contribution >= 0.6 is 34.8 Å². The van der Waals surface area contributed by atoms with Crippen molar-refractivity contribution in [1.29, 1.82) is 0 Å². The quantitative estimate of drug-likeness (QED) is 0.503. The molecule has 0 spiro atoms. The van der Waals surface area contributed by atoms with Crippen molar-refractivity contribution in [3.63, 3.8) is 0 Å². The average molecular weight is 336 g/mol. The largest absolute Gasteiger partial charge is 0.482 e. The fraction of sp³-hybridized carbons (Fsp3) is 0.385. The third-order valence-corrected chi connectivity index (χ3v) is 3.88. The first-order valence-corrected chi connectivity index (χ1v) is 7.21. The van der Waals surface area contributed by atoms with Crippen LogP contribution in [0.5, 0.6) is 5.75 Å². The van der Waals surface area contributed by atoms with Gasteiger partial charge in [-0.25, -0.2) is 5.43 Å². The van der Waals surface area contributed by atoms with Gasteiger partial charge in [0.1, 0.15) is 5.75 Å². The zero-order chi connectivity index (χ0) is 14.7. The minimum Gasteiger partial charge on any atom is -0.482 e. The van der Waals surface area contributed by atoms with E-state index < -0.39 is 0 Å². The van der Waals surface area contributed by atoms with Gasteiger partial charge in [-0.3, -0.25) is 4.79 Å². The second-order valence-electron chi connectivity index (χ2n) is 4.55. The maximum Gasteiger partial charge on any atom is 0.277 e. The molecular formula is C13H13Cl3N2O2. The third kappa shape index (κ3) is 4.27. The van der Waals surface area contributed by atoms with E-state index in [2.05, 4.69) is 10.5 Å². The van der Waals surface area contributed by atoms with Crippen LogP contribution in [0.4, 0.5) is 0 Å². The van der Waals surface area contributed by atoms with Crippen LogP contribution in [-0.4, -0.2) is 18.2 Å². The summed E-state index contributed by atoms with van der Waals surface area (Å²) in [6.07, 6.45) is 2.28. The Balaban J connectivity index is 1.87. The lowest BCUT2D eigenvalue weighted by atomic mass is 10.3. The summed E-state index contributed by atoms with van der Waals surface area (Å²) in [6.45, 7) is 1.70. The van der Waals surface area contributed by atoms with Crippen LogP contribution < -0.4 is 10.2 Å². The Morgan fingerprint density at radius 1 is 1.30 bits per heavy atom. The fourth-order valence-corrected chi connectivity index (χ4v) is 2.12. The molecule has 1 saturated carbocycles. The van der Waals surface area contributed by atoms with E-state index in [9.17, 15) is 4.79 Å². The molecule has 20 heavy (non-hydrogen) atoms. The molecule has 1 aromatic carbocycles. The second kappa shape index (κ2) is 6.66. The van der Waals surface area contributed by atoms with Gasteiger partial charge in [-0.1, -0.05) is 34.8 Å². The number of rotatable bonds is 5. The van der Waals surface area contributed by atoms with E-state index >= 15 is 0 Å². The van der Waals surface area contributed by atoms with E-state index in [1.54, 1.807) is 0 Å². The highest BCUT2D eigenvalue weighted by Crippen LogP contribution is 2.33. The van der Waals surface area contributed by atoms with Crippen LogP contribution in [0.3, 0.4) is 0 Å². The monoisotopic (exact) mass is 334 g/mol. The summed E-state index contributed by atoms with van der Waals surface area (Å²) in [6, 6.07) is 2.94. The van der Waals surface area contributed by atoms with Gasteiger partial charge in [0, 0.05) is 11.8 Å². The molecule has 4 nitrogen and oxygen atoms in total. The van der Waals surface area contributed by atoms with Crippen LogP contribution in [0, 0.1) is 5.92 Å². The summed E-state index contributed by atoms with van der Waals surface area (Å²) in [5, 5.41) is 4.95. The second-order valence-corrected chi connectivity index (χ2v) is 5.77. The first-order valence-electron chi connectivity index (χ1n) is 6.07. The normalized spacial score (nSPS) is 15.1. The van der Waals surface area contributed by atoms with Crippen molar-refractivity contribution in [3.8, 4) is 5.75 Å². The number of amides is 1. The maximum absolute atomic E-state index is 11.6. The van der Waals surface area contributed by atoms with Crippen molar-refractivity contribution in [2.45, 2.75) is 19.8 Å². The molecule has 7 heteroatoms. The molecule has 1 aliphatic rings. The van der Waals surface area contributed by atoms with Crippen LogP contribution in [0.15, 0.2) is 17.2 Å². The summed E-state index contributed by atoms with van der Waals surface area (Å²) in [7, 11) is 0. The number of hydrazone groups is 1. The Morgan fingerprint density at radius 3 is 2.60 bits per heavy atom. The number of nitrogens with one attached hydrogen (secondary N) is 1. The number of carbonyl (C=O) groups is 1. The van der Waals surface area contributed by atoms with Gasteiger partial charge < -0.3 is 4.74 Å². The molecule has 0 radical (unpaired) electrons. The number of carbonyl (C=O) groups excluding carboxylic acids is 1. The maximum atomic E-state index is 11.6. The first kappa shape index (κ1) is 15.4. The van der Waals surface area contributed by atoms with Crippen molar-refractivity contribution in [2.75, 3.05) is 6.61 Å². The SMILES string of the molecule is CC(=NNC(=O)COc1cc(Cl)c(Cl)cc1Cl)C1CC1. The Hall–Kier alpha value is -0.970. The molecule has 0 heterocycles. The van der Waals surface area contributed by atoms with Crippen molar-refractivity contribution in [3.05, 3.63) is 27.2 Å². The average Bonchev–Trinajstić information content (AvgIpc) is 3.23. The minimum absolute atomic E-state index is 0.195. The van der Waals surface area contributed by atoms with Gasteiger partial charge in [-0.05, 0) is 31.7 Å². The number of hydrogen-bond donors (Lipinski definition) is 1. The van der Waals surface area contributed by atoms with Crippen LogP contribution in [0.2, 0.25) is 15.1 Å². The third-order valence-electron chi connectivity index (χ3n) is 2.86. The zero-order valence-corrected chi connectivity index (χ0v) is 13.0. The lowest BCUT2D eigenvalue weighted by Gasteiger charge is -2.08. The standard InChI is InChI=1S/C13H13Cl3N2O2/c1-7(8-2-3-8)17-18-13(19)6-20-12-5-10(15)9(14)4-11(12)16/h4-5,8H,2-3,6H2,1H3,(H,18,19). The molecule has 0 saturated heterocycles. The lowest BCUT2D eigenvalue weighted by molar-refractivity contribution is -0.123. The van der Waals surface area contributed by atoms with Crippen LogP contribution in [-0.2, 0) is 4.79 Å². The van der Waals surface area contributed by atoms with Crippen molar-refractivity contribution in [1.82, 2.24) is 5.43 Å². The van der Waals surface area contributed by atoms with Gasteiger partial charge in [-0.15, -0.1) is 0 Å². The summed E-state index contributed by atoms with van der Waals surface area (Å²) in [5.74, 6) is 0.465. The topological polar surface area (TPSA) is 50.7 Å². The molecule has 0 atom stereocenters. The van der Waals surface area contributed by atoms with E-state index in [4.69, 9.17) is 39.5 Å². The molecule has 1 aliphatic carbocycles. The van der Waals surface area contributed by atoms with E-state index in [-0.39, 0.29) is 12.5 Å². The summed E-state index contributed by atoms with van der Waals surface area (Å²) < 4.78 is 5.29. The smallest absolute Gasteiger partial charge is 0.277 e. The molecule has 1 amide bonds. The zero-order valence-electron chi connectivity index (χ0n) is 10.8. The molecule has 1 fully saturated rings. The van der Waals surface area contributed by atoms with E-state index in [1.165, 1.54) is 12.1 Å². The van der Waals surface area contributed by atoms with Gasteiger partial charge in [0.2, 0.25) is 0 Å². The van der Waals surface area contributed by atoms with Gasteiger partial charge in [0.15, 0.2) is 6.61 Å². The molecule has 1 aromatic rings. The number of halogens is 3. The molecule has 0 unspecified atom stereocenters. The molecule has 0 aliphatic heterocycles. The van der Waals surface area contributed by atoms with Crippen LogP contribution in [0.25, 0.3) is 0 Å².